The van der Waals surface area contributed by atoms with Gasteiger partial charge >= 0.3 is 0 Å². The van der Waals surface area contributed by atoms with Crippen molar-refractivity contribution < 1.29 is 4.79 Å². The van der Waals surface area contributed by atoms with E-state index in [1.807, 2.05) is 27.7 Å². The molecule has 3 heteroatoms. The van der Waals surface area contributed by atoms with Crippen LogP contribution in [0.15, 0.2) is 0 Å². The number of hydrogen-bond donors (Lipinski definition) is 2. The highest BCUT2D eigenvalue weighted by molar-refractivity contribution is 7.81. The zero-order valence-electron chi connectivity index (χ0n) is 8.35. The first-order valence-corrected chi connectivity index (χ1v) is 4.87. The van der Waals surface area contributed by atoms with Crippen molar-refractivity contribution in [1.29, 1.82) is 0 Å². The molecule has 0 fully saturated rings. The summed E-state index contributed by atoms with van der Waals surface area (Å²) in [5.41, 5.74) is -0.0685. The maximum Gasteiger partial charge on any atom is 0.233 e. The van der Waals surface area contributed by atoms with Crippen LogP contribution in [-0.4, -0.2) is 17.7 Å². The second-order valence-corrected chi connectivity index (χ2v) is 4.58. The Balaban J connectivity index is 3.94. The molecule has 12 heavy (non-hydrogen) atoms. The van der Waals surface area contributed by atoms with Crippen LogP contribution in [0.1, 0.15) is 34.1 Å². The van der Waals surface area contributed by atoms with Gasteiger partial charge in [0.05, 0.1) is 5.25 Å². The lowest BCUT2D eigenvalue weighted by molar-refractivity contribution is -0.122. The Kier molecular flexibility index (Phi) is 4.68. The summed E-state index contributed by atoms with van der Waals surface area (Å²) in [5.74, 6) is 0.0349. The molecular weight excluding hydrogens is 170 g/mol. The number of thiol groups is 1. The maximum absolute atomic E-state index is 11.4. The molecule has 0 aliphatic carbocycles. The number of carbonyl (C=O) groups is 1. The summed E-state index contributed by atoms with van der Waals surface area (Å²) < 4.78 is 0. The monoisotopic (exact) mass is 189 g/mol. The van der Waals surface area contributed by atoms with Crippen molar-refractivity contribution in [2.75, 3.05) is 6.54 Å². The molecule has 0 bridgehead atoms. The van der Waals surface area contributed by atoms with Crippen molar-refractivity contribution in [3.05, 3.63) is 0 Å². The van der Waals surface area contributed by atoms with Crippen molar-refractivity contribution in [1.82, 2.24) is 5.32 Å². The Bertz CT molecular complexity index is 151. The van der Waals surface area contributed by atoms with Crippen molar-refractivity contribution in [3.63, 3.8) is 0 Å². The largest absolute Gasteiger partial charge is 0.355 e. The third-order valence-electron chi connectivity index (χ3n) is 1.62. The summed E-state index contributed by atoms with van der Waals surface area (Å²) in [6.45, 7) is 8.81. The second kappa shape index (κ2) is 4.75. The number of nitrogens with one attached hydrogen (secondary N) is 1. The molecule has 72 valence electrons. The van der Waals surface area contributed by atoms with Gasteiger partial charge < -0.3 is 5.32 Å². The molecule has 0 rings (SSSR count). The van der Waals surface area contributed by atoms with Gasteiger partial charge in [-0.15, -0.1) is 0 Å². The van der Waals surface area contributed by atoms with Crippen LogP contribution in [0.5, 0.6) is 0 Å². The molecule has 0 aliphatic heterocycles. The fourth-order valence-corrected chi connectivity index (χ4v) is 0.829. The van der Waals surface area contributed by atoms with E-state index >= 15 is 0 Å². The van der Waals surface area contributed by atoms with Gasteiger partial charge in [-0.2, -0.15) is 12.6 Å². The number of rotatable bonds is 3. The van der Waals surface area contributed by atoms with Gasteiger partial charge in [-0.25, -0.2) is 0 Å². The smallest absolute Gasteiger partial charge is 0.233 e. The van der Waals surface area contributed by atoms with E-state index in [4.69, 9.17) is 0 Å². The molecule has 0 heterocycles. The quantitative estimate of drug-likeness (QED) is 0.652. The van der Waals surface area contributed by atoms with Gasteiger partial charge in [0.2, 0.25) is 5.91 Å². The molecule has 1 atom stereocenters. The summed E-state index contributed by atoms with van der Waals surface area (Å²) in [7, 11) is 0. The molecule has 1 unspecified atom stereocenters. The normalized spacial score (nSPS) is 14.1. The predicted octanol–water partition coefficient (Wildman–Crippen LogP) is 1.86. The Morgan fingerprint density at radius 2 is 2.00 bits per heavy atom. The number of amides is 1. The number of carbonyl (C=O) groups excluding carboxylic acids is 1. The van der Waals surface area contributed by atoms with Crippen molar-refractivity contribution >= 4 is 18.5 Å². The van der Waals surface area contributed by atoms with Crippen LogP contribution in [0.4, 0.5) is 0 Å². The van der Waals surface area contributed by atoms with Crippen LogP contribution >= 0.6 is 12.6 Å². The minimum Gasteiger partial charge on any atom is -0.355 e. The van der Waals surface area contributed by atoms with Crippen LogP contribution < -0.4 is 5.32 Å². The van der Waals surface area contributed by atoms with Crippen LogP contribution in [0.3, 0.4) is 0 Å². The van der Waals surface area contributed by atoms with Crippen LogP contribution in [0.2, 0.25) is 0 Å². The van der Waals surface area contributed by atoms with E-state index in [1.54, 1.807) is 0 Å². The van der Waals surface area contributed by atoms with E-state index < -0.39 is 0 Å². The predicted molar refractivity (Wildman–Crippen MR) is 55.5 cm³/mol. The summed E-state index contributed by atoms with van der Waals surface area (Å²) in [4.78, 5) is 11.4. The van der Waals surface area contributed by atoms with E-state index in [9.17, 15) is 4.79 Å². The molecule has 1 N–H and O–H groups in total. The number of hydrogen-bond acceptors (Lipinski definition) is 2. The fraction of sp³-hybridized carbons (Fsp3) is 0.889. The van der Waals surface area contributed by atoms with Gasteiger partial charge in [-0.3, -0.25) is 4.79 Å². The first-order chi connectivity index (χ1) is 5.39. The molecule has 1 amide bonds. The van der Waals surface area contributed by atoms with E-state index in [-0.39, 0.29) is 16.6 Å². The van der Waals surface area contributed by atoms with E-state index in [1.165, 1.54) is 0 Å². The average Bonchev–Trinajstić information content (AvgIpc) is 1.97. The molecule has 0 aromatic rings. The average molecular weight is 189 g/mol. The second-order valence-electron chi connectivity index (χ2n) is 4.06. The van der Waals surface area contributed by atoms with Gasteiger partial charge in [0.1, 0.15) is 0 Å². The summed E-state index contributed by atoms with van der Waals surface area (Å²) in [5, 5.41) is 2.60. The third kappa shape index (κ3) is 4.00. The van der Waals surface area contributed by atoms with E-state index in [0.717, 1.165) is 13.0 Å². The Labute approximate surface area is 80.5 Å². The van der Waals surface area contributed by atoms with Crippen LogP contribution in [0.25, 0.3) is 0 Å². The molecule has 0 spiro atoms. The first-order valence-electron chi connectivity index (χ1n) is 4.35. The fourth-order valence-electron chi connectivity index (χ4n) is 0.738. The molecule has 0 aromatic carbocycles. The zero-order chi connectivity index (χ0) is 9.78. The standard InChI is InChI=1S/C9H19NOS/c1-5-6-10-8(11)7(12)9(2,3)4/h7,12H,5-6H2,1-4H3,(H,10,11). The van der Waals surface area contributed by atoms with Crippen molar-refractivity contribution in [2.24, 2.45) is 5.41 Å². The molecule has 2 nitrogen and oxygen atoms in total. The lowest BCUT2D eigenvalue weighted by atomic mass is 9.91. The van der Waals surface area contributed by atoms with Gasteiger partial charge in [0, 0.05) is 6.54 Å². The lowest BCUT2D eigenvalue weighted by Gasteiger charge is -2.25. The zero-order valence-corrected chi connectivity index (χ0v) is 9.24. The molecule has 0 saturated heterocycles. The van der Waals surface area contributed by atoms with Crippen LogP contribution in [0, 0.1) is 5.41 Å². The van der Waals surface area contributed by atoms with Gasteiger partial charge in [0.25, 0.3) is 0 Å². The van der Waals surface area contributed by atoms with Gasteiger partial charge in [-0.05, 0) is 11.8 Å². The summed E-state index contributed by atoms with van der Waals surface area (Å²) >= 11 is 4.27. The van der Waals surface area contributed by atoms with E-state index in [2.05, 4.69) is 17.9 Å². The first kappa shape index (κ1) is 11.8. The SMILES string of the molecule is CCCNC(=O)C(S)C(C)(C)C. The van der Waals surface area contributed by atoms with Crippen molar-refractivity contribution in [2.45, 2.75) is 39.4 Å². The maximum atomic E-state index is 11.4. The highest BCUT2D eigenvalue weighted by Crippen LogP contribution is 2.23. The van der Waals surface area contributed by atoms with Crippen LogP contribution in [-0.2, 0) is 4.79 Å². The Morgan fingerprint density at radius 3 is 2.33 bits per heavy atom. The third-order valence-corrected chi connectivity index (χ3v) is 2.63. The molecule has 0 aromatic heterocycles. The van der Waals surface area contributed by atoms with Gasteiger partial charge in [0.15, 0.2) is 0 Å². The van der Waals surface area contributed by atoms with E-state index in [0.29, 0.717) is 0 Å². The lowest BCUT2D eigenvalue weighted by Crippen LogP contribution is -2.39. The Hall–Kier alpha value is -0.180. The minimum absolute atomic E-state index is 0.0349. The molecular formula is C9H19NOS. The minimum atomic E-state index is -0.218. The van der Waals surface area contributed by atoms with Gasteiger partial charge in [-0.1, -0.05) is 27.7 Å². The molecule has 0 radical (unpaired) electrons. The highest BCUT2D eigenvalue weighted by Gasteiger charge is 2.27. The van der Waals surface area contributed by atoms with Crippen molar-refractivity contribution in [3.8, 4) is 0 Å². The summed E-state index contributed by atoms with van der Waals surface area (Å²) in [6, 6.07) is 0. The molecule has 0 aliphatic rings. The Morgan fingerprint density at radius 1 is 1.50 bits per heavy atom. The highest BCUT2D eigenvalue weighted by atomic mass is 32.1. The summed E-state index contributed by atoms with van der Waals surface area (Å²) in [6.07, 6.45) is 0.969. The topological polar surface area (TPSA) is 29.1 Å². The molecule has 0 saturated carbocycles.